The lowest BCUT2D eigenvalue weighted by atomic mass is 10.1. The minimum absolute atomic E-state index is 0.164. The number of nitrogens with zero attached hydrogens (tertiary/aromatic N) is 1. The van der Waals surface area contributed by atoms with Gasteiger partial charge in [0.1, 0.15) is 11.6 Å². The van der Waals surface area contributed by atoms with E-state index in [1.165, 1.54) is 24.3 Å². The van der Waals surface area contributed by atoms with E-state index < -0.39 is 11.6 Å². The topological polar surface area (TPSA) is 41.6 Å². The molecule has 2 aromatic rings. The van der Waals surface area contributed by atoms with Crippen LogP contribution in [0, 0.1) is 11.6 Å². The minimum Gasteiger partial charge on any atom is -0.372 e. The smallest absolute Gasteiger partial charge is 0.244 e. The average Bonchev–Trinajstić information content (AvgIpc) is 2.65. The zero-order chi connectivity index (χ0) is 21.0. The third kappa shape index (κ3) is 5.87. The van der Waals surface area contributed by atoms with E-state index in [9.17, 15) is 13.6 Å². The lowest BCUT2D eigenvalue weighted by Crippen LogP contribution is -2.45. The van der Waals surface area contributed by atoms with Gasteiger partial charge in [-0.15, -0.1) is 0 Å². The fourth-order valence-electron chi connectivity index (χ4n) is 3.57. The molecule has 1 fully saturated rings. The summed E-state index contributed by atoms with van der Waals surface area (Å²) in [6, 6.07) is 11.0. The number of hydrogen-bond acceptors (Lipinski definition) is 3. The molecule has 0 radical (unpaired) electrons. The zero-order valence-electron chi connectivity index (χ0n) is 16.9. The van der Waals surface area contributed by atoms with Crippen LogP contribution in [0.3, 0.4) is 0 Å². The first-order chi connectivity index (χ1) is 13.8. The van der Waals surface area contributed by atoms with Crippen LogP contribution in [0.5, 0.6) is 0 Å². The molecule has 2 aromatic carbocycles. The highest BCUT2D eigenvalue weighted by Crippen LogP contribution is 2.24. The molecule has 4 nitrogen and oxygen atoms in total. The van der Waals surface area contributed by atoms with Crippen molar-refractivity contribution < 1.29 is 18.3 Å². The lowest BCUT2D eigenvalue weighted by Gasteiger charge is -2.37. The molecule has 1 aliphatic rings. The number of carbonyl (C=O) groups is 1. The van der Waals surface area contributed by atoms with Crippen LogP contribution in [0.15, 0.2) is 48.5 Å². The van der Waals surface area contributed by atoms with Crippen molar-refractivity contribution in [3.63, 3.8) is 0 Å². The summed E-state index contributed by atoms with van der Waals surface area (Å²) in [5, 5.41) is 2.89. The van der Waals surface area contributed by atoms with Crippen LogP contribution in [-0.2, 0) is 9.53 Å². The van der Waals surface area contributed by atoms with E-state index in [-0.39, 0.29) is 24.2 Å². The average molecular weight is 400 g/mol. The molecule has 6 heteroatoms. The Bertz CT molecular complexity index is 870. The van der Waals surface area contributed by atoms with Crippen molar-refractivity contribution in [2.45, 2.75) is 39.0 Å². The molecule has 0 aliphatic carbocycles. The van der Waals surface area contributed by atoms with Gasteiger partial charge in [-0.2, -0.15) is 0 Å². The Kier molecular flexibility index (Phi) is 6.64. The fraction of sp³-hybridized carbons (Fsp3) is 0.348. The van der Waals surface area contributed by atoms with Gasteiger partial charge >= 0.3 is 0 Å². The van der Waals surface area contributed by atoms with E-state index in [4.69, 9.17) is 4.74 Å². The third-order valence-corrected chi connectivity index (χ3v) is 4.83. The van der Waals surface area contributed by atoms with Crippen LogP contribution in [0.4, 0.5) is 14.5 Å². The van der Waals surface area contributed by atoms with Gasteiger partial charge in [0.15, 0.2) is 0 Å². The Morgan fingerprint density at radius 2 is 1.79 bits per heavy atom. The number of anilines is 1. The van der Waals surface area contributed by atoms with E-state index in [1.54, 1.807) is 0 Å². The van der Waals surface area contributed by atoms with Crippen LogP contribution < -0.4 is 10.2 Å². The minimum atomic E-state index is -0.679. The Hall–Kier alpha value is -2.73. The Morgan fingerprint density at radius 1 is 1.14 bits per heavy atom. The van der Waals surface area contributed by atoms with E-state index in [0.717, 1.165) is 30.4 Å². The number of rotatable bonds is 5. The molecule has 1 aliphatic heterocycles. The molecule has 3 atom stereocenters. The second-order valence-electron chi connectivity index (χ2n) is 7.52. The molecule has 29 heavy (non-hydrogen) atoms. The molecule has 1 N–H and O–H groups in total. The maximum Gasteiger partial charge on any atom is 0.244 e. The number of halogens is 2. The van der Waals surface area contributed by atoms with Crippen LogP contribution in [0.25, 0.3) is 6.08 Å². The summed E-state index contributed by atoms with van der Waals surface area (Å²) in [4.78, 5) is 14.5. The number of benzene rings is 2. The standard InChI is InChI=1S/C23H26F2N2O2/c1-15-13-27(14-16(2)29-15)22-6-4-5-19(11-22)17(3)26-23(28)8-7-18-9-20(24)12-21(25)10-18/h4-12,15-17H,13-14H2,1-3H3,(H,26,28)/t15-,16+,17-/m0/s1. The van der Waals surface area contributed by atoms with Gasteiger partial charge in [0.05, 0.1) is 18.2 Å². The van der Waals surface area contributed by atoms with Crippen LogP contribution >= 0.6 is 0 Å². The molecular formula is C23H26F2N2O2. The molecule has 0 saturated carbocycles. The first-order valence-corrected chi connectivity index (χ1v) is 9.75. The van der Waals surface area contributed by atoms with E-state index in [0.29, 0.717) is 5.56 Å². The molecule has 1 heterocycles. The van der Waals surface area contributed by atoms with Crippen LogP contribution in [0.2, 0.25) is 0 Å². The second kappa shape index (κ2) is 9.18. The van der Waals surface area contributed by atoms with Gasteiger partial charge in [0, 0.05) is 30.9 Å². The van der Waals surface area contributed by atoms with Gasteiger partial charge in [-0.1, -0.05) is 12.1 Å². The molecule has 0 unspecified atom stereocenters. The Balaban J connectivity index is 1.65. The van der Waals surface area contributed by atoms with Crippen molar-refractivity contribution in [2.75, 3.05) is 18.0 Å². The number of carbonyl (C=O) groups excluding carboxylic acids is 1. The van der Waals surface area contributed by atoms with Gasteiger partial charge in [0.2, 0.25) is 5.91 Å². The van der Waals surface area contributed by atoms with Gasteiger partial charge in [-0.3, -0.25) is 4.79 Å². The molecule has 0 spiro atoms. The molecule has 1 saturated heterocycles. The molecule has 3 rings (SSSR count). The number of nitrogens with one attached hydrogen (secondary N) is 1. The van der Waals surface area contributed by atoms with Crippen molar-refractivity contribution in [1.82, 2.24) is 5.32 Å². The van der Waals surface area contributed by atoms with E-state index >= 15 is 0 Å². The van der Waals surface area contributed by atoms with Crippen molar-refractivity contribution in [3.05, 3.63) is 71.3 Å². The summed E-state index contributed by atoms with van der Waals surface area (Å²) in [6.07, 6.45) is 3.00. The summed E-state index contributed by atoms with van der Waals surface area (Å²) in [5.74, 6) is -1.69. The fourth-order valence-corrected chi connectivity index (χ4v) is 3.57. The summed E-state index contributed by atoms with van der Waals surface area (Å²) in [7, 11) is 0. The highest BCUT2D eigenvalue weighted by molar-refractivity contribution is 5.92. The molecular weight excluding hydrogens is 374 g/mol. The third-order valence-electron chi connectivity index (χ3n) is 4.83. The predicted octanol–water partition coefficient (Wildman–Crippen LogP) is 4.47. The Morgan fingerprint density at radius 3 is 2.45 bits per heavy atom. The van der Waals surface area contributed by atoms with Gasteiger partial charge in [-0.05, 0) is 62.2 Å². The number of morpholine rings is 1. The number of amides is 1. The highest BCUT2D eigenvalue weighted by Gasteiger charge is 2.22. The predicted molar refractivity (Wildman–Crippen MR) is 111 cm³/mol. The monoisotopic (exact) mass is 400 g/mol. The summed E-state index contributed by atoms with van der Waals surface area (Å²) < 4.78 is 32.3. The van der Waals surface area contributed by atoms with E-state index in [1.807, 2.05) is 19.1 Å². The highest BCUT2D eigenvalue weighted by atomic mass is 19.1. The maximum atomic E-state index is 13.2. The summed E-state index contributed by atoms with van der Waals surface area (Å²) in [5.41, 5.74) is 2.37. The van der Waals surface area contributed by atoms with Crippen molar-refractivity contribution >= 4 is 17.7 Å². The Labute approximate surface area is 170 Å². The lowest BCUT2D eigenvalue weighted by molar-refractivity contribution is -0.117. The first-order valence-electron chi connectivity index (χ1n) is 9.75. The van der Waals surface area contributed by atoms with Crippen molar-refractivity contribution in [3.8, 4) is 0 Å². The first kappa shape index (κ1) is 21.0. The van der Waals surface area contributed by atoms with Crippen LogP contribution in [0.1, 0.15) is 37.9 Å². The van der Waals surface area contributed by atoms with E-state index in [2.05, 4.69) is 36.2 Å². The van der Waals surface area contributed by atoms with Gasteiger partial charge in [0.25, 0.3) is 0 Å². The normalized spacial score (nSPS) is 20.7. The van der Waals surface area contributed by atoms with Gasteiger partial charge < -0.3 is 15.0 Å². The molecule has 154 valence electrons. The summed E-state index contributed by atoms with van der Waals surface area (Å²) in [6.45, 7) is 7.67. The largest absolute Gasteiger partial charge is 0.372 e. The second-order valence-corrected chi connectivity index (χ2v) is 7.52. The SMILES string of the molecule is C[C@@H]1CN(c2cccc([C@H](C)NC(=O)C=Cc3cc(F)cc(F)c3)c2)C[C@H](C)O1. The van der Waals surface area contributed by atoms with Crippen molar-refractivity contribution in [2.24, 2.45) is 0 Å². The van der Waals surface area contributed by atoms with Crippen LogP contribution in [-0.4, -0.2) is 31.2 Å². The molecule has 1 amide bonds. The number of hydrogen-bond donors (Lipinski definition) is 1. The molecule has 0 bridgehead atoms. The summed E-state index contributed by atoms with van der Waals surface area (Å²) >= 11 is 0. The molecule has 0 aromatic heterocycles. The zero-order valence-corrected chi connectivity index (χ0v) is 16.9. The maximum absolute atomic E-state index is 13.2. The quantitative estimate of drug-likeness (QED) is 0.753. The van der Waals surface area contributed by atoms with Gasteiger partial charge in [-0.25, -0.2) is 8.78 Å². The number of ether oxygens (including phenoxy) is 1. The van der Waals surface area contributed by atoms with Crippen molar-refractivity contribution in [1.29, 1.82) is 0 Å².